The maximum atomic E-state index is 13.0. The molecule has 1 aromatic heterocycles. The second-order valence-electron chi connectivity index (χ2n) is 6.15. The number of nitrogens with zero attached hydrogens (tertiary/aromatic N) is 2. The lowest BCUT2D eigenvalue weighted by molar-refractivity contribution is 0.0636. The molecule has 0 spiro atoms. The van der Waals surface area contributed by atoms with Crippen molar-refractivity contribution >= 4 is 5.91 Å². The zero-order valence-corrected chi connectivity index (χ0v) is 13.9. The molecule has 1 fully saturated rings. The summed E-state index contributed by atoms with van der Waals surface area (Å²) < 4.78 is 13.0. The van der Waals surface area contributed by atoms with Gasteiger partial charge in [-0.2, -0.15) is 5.10 Å². The van der Waals surface area contributed by atoms with Crippen molar-refractivity contribution in [2.75, 3.05) is 19.6 Å². The third-order valence-corrected chi connectivity index (χ3v) is 4.42. The fourth-order valence-electron chi connectivity index (χ4n) is 3.16. The Morgan fingerprint density at radius 3 is 2.67 bits per heavy atom. The number of aromatic nitrogens is 2. The van der Waals surface area contributed by atoms with Gasteiger partial charge in [0.1, 0.15) is 11.5 Å². The molecule has 2 N–H and O–H groups in total. The van der Waals surface area contributed by atoms with E-state index >= 15 is 0 Å². The van der Waals surface area contributed by atoms with Crippen molar-refractivity contribution < 1.29 is 9.18 Å². The lowest BCUT2D eigenvalue weighted by atomic mass is 10.0. The third-order valence-electron chi connectivity index (χ3n) is 4.42. The second kappa shape index (κ2) is 7.57. The molecule has 1 saturated heterocycles. The Bertz CT molecular complexity index is 677. The quantitative estimate of drug-likeness (QED) is 0.886. The Morgan fingerprint density at radius 1 is 1.29 bits per heavy atom. The highest BCUT2D eigenvalue weighted by Gasteiger charge is 2.26. The second-order valence-corrected chi connectivity index (χ2v) is 6.15. The first-order valence-corrected chi connectivity index (χ1v) is 8.52. The van der Waals surface area contributed by atoms with E-state index in [-0.39, 0.29) is 17.8 Å². The summed E-state index contributed by atoms with van der Waals surface area (Å²) in [6.45, 7) is 4.72. The maximum Gasteiger partial charge on any atom is 0.272 e. The Kier molecular flexibility index (Phi) is 5.25. The van der Waals surface area contributed by atoms with Crippen LogP contribution in [0, 0.1) is 5.82 Å². The topological polar surface area (TPSA) is 61.0 Å². The summed E-state index contributed by atoms with van der Waals surface area (Å²) in [5.74, 6) is -0.296. The number of rotatable bonds is 5. The average molecular weight is 330 g/mol. The third kappa shape index (κ3) is 3.64. The molecule has 1 amide bonds. The van der Waals surface area contributed by atoms with Crippen LogP contribution >= 0.6 is 0 Å². The lowest BCUT2D eigenvalue weighted by Crippen LogP contribution is -2.46. The van der Waals surface area contributed by atoms with Gasteiger partial charge in [0.05, 0.1) is 5.69 Å². The van der Waals surface area contributed by atoms with Crippen LogP contribution in [0.5, 0.6) is 0 Å². The monoisotopic (exact) mass is 330 g/mol. The van der Waals surface area contributed by atoms with Gasteiger partial charge in [-0.1, -0.05) is 6.92 Å². The number of nitrogens with one attached hydrogen (secondary N) is 2. The van der Waals surface area contributed by atoms with E-state index in [0.29, 0.717) is 11.4 Å². The smallest absolute Gasteiger partial charge is 0.272 e. The summed E-state index contributed by atoms with van der Waals surface area (Å²) in [7, 11) is 0. The first-order valence-electron chi connectivity index (χ1n) is 8.52. The molecule has 0 unspecified atom stereocenters. The normalized spacial score (nSPS) is 15.4. The van der Waals surface area contributed by atoms with Crippen LogP contribution < -0.4 is 5.32 Å². The predicted octanol–water partition coefficient (Wildman–Crippen LogP) is 2.82. The molecule has 1 aliphatic rings. The molecule has 1 aromatic carbocycles. The number of carbonyl (C=O) groups excluding carboxylic acids is 1. The van der Waals surface area contributed by atoms with Crippen LogP contribution in [0.2, 0.25) is 0 Å². The van der Waals surface area contributed by atoms with Gasteiger partial charge in [0, 0.05) is 18.2 Å². The molecule has 2 heterocycles. The van der Waals surface area contributed by atoms with Crippen molar-refractivity contribution in [1.29, 1.82) is 0 Å². The van der Waals surface area contributed by atoms with Crippen LogP contribution in [-0.4, -0.2) is 46.7 Å². The fraction of sp³-hybridized carbons (Fsp3) is 0.444. The van der Waals surface area contributed by atoms with Crippen LogP contribution in [-0.2, 0) is 0 Å². The zero-order chi connectivity index (χ0) is 16.9. The minimum Gasteiger partial charge on any atom is -0.334 e. The minimum absolute atomic E-state index is 0.00962. The molecule has 24 heavy (non-hydrogen) atoms. The predicted molar refractivity (Wildman–Crippen MR) is 91.2 cm³/mol. The minimum atomic E-state index is -0.286. The molecule has 6 heteroatoms. The van der Waals surface area contributed by atoms with E-state index in [1.54, 1.807) is 18.2 Å². The number of carbonyl (C=O) groups is 1. The molecule has 1 aliphatic heterocycles. The number of amides is 1. The molecule has 2 aromatic rings. The van der Waals surface area contributed by atoms with E-state index < -0.39 is 0 Å². The van der Waals surface area contributed by atoms with Crippen LogP contribution in [0.15, 0.2) is 30.3 Å². The molecule has 0 atom stereocenters. The highest BCUT2D eigenvalue weighted by Crippen LogP contribution is 2.21. The molecule has 0 saturated carbocycles. The SMILES string of the molecule is CCCN(C(=O)c1cc(-c2ccc(F)cc2)n[nH]1)C1CCNCC1. The Balaban J connectivity index is 1.78. The standard InChI is InChI=1S/C18H23FN4O/c1-2-11-23(15-7-9-20-10-8-15)18(24)17-12-16(21-22-17)13-3-5-14(19)6-4-13/h3-6,12,15,20H,2,7-11H2,1H3,(H,21,22). The van der Waals surface area contributed by atoms with Crippen molar-refractivity contribution in [2.45, 2.75) is 32.2 Å². The number of hydrogen-bond acceptors (Lipinski definition) is 3. The summed E-state index contributed by atoms with van der Waals surface area (Å²) in [5.41, 5.74) is 1.93. The molecule has 3 rings (SSSR count). The number of hydrogen-bond donors (Lipinski definition) is 2. The molecule has 0 bridgehead atoms. The van der Waals surface area contributed by atoms with Crippen LogP contribution in [0.25, 0.3) is 11.3 Å². The summed E-state index contributed by atoms with van der Waals surface area (Å²) >= 11 is 0. The fourth-order valence-corrected chi connectivity index (χ4v) is 3.16. The van der Waals surface area contributed by atoms with Crippen molar-refractivity contribution in [1.82, 2.24) is 20.4 Å². The zero-order valence-electron chi connectivity index (χ0n) is 13.9. The number of halogens is 1. The number of H-pyrrole nitrogens is 1. The summed E-state index contributed by atoms with van der Waals surface area (Å²) in [6.07, 6.45) is 2.88. The van der Waals surface area contributed by atoms with Crippen molar-refractivity contribution in [2.24, 2.45) is 0 Å². The van der Waals surface area contributed by atoms with E-state index in [2.05, 4.69) is 22.4 Å². The number of piperidine rings is 1. The van der Waals surface area contributed by atoms with Crippen LogP contribution in [0.4, 0.5) is 4.39 Å². The molecular weight excluding hydrogens is 307 g/mol. The van der Waals surface area contributed by atoms with E-state index in [1.165, 1.54) is 12.1 Å². The Labute approximate surface area is 141 Å². The average Bonchev–Trinajstić information content (AvgIpc) is 3.10. The Hall–Kier alpha value is -2.21. The molecule has 0 radical (unpaired) electrons. The summed E-state index contributed by atoms with van der Waals surface area (Å²) in [5, 5.41) is 10.4. The Morgan fingerprint density at radius 2 is 2.00 bits per heavy atom. The van der Waals surface area contributed by atoms with Gasteiger partial charge < -0.3 is 10.2 Å². The molecule has 128 valence electrons. The van der Waals surface area contributed by atoms with Gasteiger partial charge in [-0.25, -0.2) is 4.39 Å². The van der Waals surface area contributed by atoms with Crippen molar-refractivity contribution in [3.63, 3.8) is 0 Å². The van der Waals surface area contributed by atoms with Crippen molar-refractivity contribution in [3.05, 3.63) is 41.8 Å². The summed E-state index contributed by atoms with van der Waals surface area (Å²) in [6, 6.07) is 8.14. The number of benzene rings is 1. The van der Waals surface area contributed by atoms with Gasteiger partial charge in [-0.05, 0) is 62.7 Å². The van der Waals surface area contributed by atoms with Gasteiger partial charge in [-0.15, -0.1) is 0 Å². The lowest BCUT2D eigenvalue weighted by Gasteiger charge is -2.34. The van der Waals surface area contributed by atoms with E-state index in [0.717, 1.165) is 44.5 Å². The number of aromatic amines is 1. The largest absolute Gasteiger partial charge is 0.334 e. The van der Waals surface area contributed by atoms with Crippen molar-refractivity contribution in [3.8, 4) is 11.3 Å². The van der Waals surface area contributed by atoms with Gasteiger partial charge in [0.2, 0.25) is 0 Å². The molecular formula is C18H23FN4O. The van der Waals surface area contributed by atoms with E-state index in [1.807, 2.05) is 4.90 Å². The van der Waals surface area contributed by atoms with Crippen LogP contribution in [0.1, 0.15) is 36.7 Å². The van der Waals surface area contributed by atoms with Gasteiger partial charge in [-0.3, -0.25) is 9.89 Å². The maximum absolute atomic E-state index is 13.0. The van der Waals surface area contributed by atoms with Crippen LogP contribution in [0.3, 0.4) is 0 Å². The first kappa shape index (κ1) is 16.6. The highest BCUT2D eigenvalue weighted by atomic mass is 19.1. The summed E-state index contributed by atoms with van der Waals surface area (Å²) in [4.78, 5) is 14.9. The molecule has 0 aliphatic carbocycles. The first-order chi connectivity index (χ1) is 11.7. The van der Waals surface area contributed by atoms with Gasteiger partial charge >= 0.3 is 0 Å². The van der Waals surface area contributed by atoms with E-state index in [4.69, 9.17) is 0 Å². The van der Waals surface area contributed by atoms with Gasteiger partial charge in [0.15, 0.2) is 0 Å². The van der Waals surface area contributed by atoms with Gasteiger partial charge in [0.25, 0.3) is 5.91 Å². The highest BCUT2D eigenvalue weighted by molar-refractivity contribution is 5.93. The van der Waals surface area contributed by atoms with E-state index in [9.17, 15) is 9.18 Å². The molecule has 5 nitrogen and oxygen atoms in total.